The first kappa shape index (κ1) is 43.7. The molecular formula is C44H65N3O9. The SMILES string of the molecule is CO[C@]1(C)C[C@@H](C)C(=O)[C@H](C)C2N(CCCCc3ccnc4ccccc34)C(=O)O[C@]2(C)[C@@H](C)OC(=O)[C@H](C)C(=O)[C@H](C)[C@H]1O[C@@H]1O[C@H](C)C[C@H](N(C)C)[C@H]1C. The number of pyridine rings is 1. The Morgan fingerprint density at radius 1 is 0.929 bits per heavy atom. The van der Waals surface area contributed by atoms with E-state index in [1.165, 1.54) is 5.56 Å². The minimum absolute atomic E-state index is 0.0485. The van der Waals surface area contributed by atoms with Crippen molar-refractivity contribution < 1.29 is 42.9 Å². The third kappa shape index (κ3) is 8.68. The molecule has 0 saturated carbocycles. The highest BCUT2D eigenvalue weighted by Gasteiger charge is 2.59. The normalized spacial score (nSPS) is 37.7. The first-order valence-electron chi connectivity index (χ1n) is 20.5. The van der Waals surface area contributed by atoms with Crippen molar-refractivity contribution >= 4 is 34.5 Å². The summed E-state index contributed by atoms with van der Waals surface area (Å²) in [7, 11) is 5.63. The fourth-order valence-corrected chi connectivity index (χ4v) is 9.62. The molecule has 0 N–H and O–H groups in total. The number of Topliss-reactive ketones (excluding diaryl/α,β-unsaturated/α-hetero) is 2. The van der Waals surface area contributed by atoms with Crippen LogP contribution in [0.2, 0.25) is 0 Å². The molecule has 3 aliphatic rings. The lowest BCUT2D eigenvalue weighted by molar-refractivity contribution is -0.280. The molecule has 3 fully saturated rings. The number of nitrogens with zero attached hydrogens (tertiary/aromatic N) is 3. The molecule has 12 heteroatoms. The number of ketones is 2. The Labute approximate surface area is 333 Å². The summed E-state index contributed by atoms with van der Waals surface area (Å²) < 4.78 is 31.6. The molecule has 3 aliphatic heterocycles. The molecule has 0 aliphatic carbocycles. The Bertz CT molecular complexity index is 1730. The molecule has 1 aromatic heterocycles. The smallest absolute Gasteiger partial charge is 0.410 e. The van der Waals surface area contributed by atoms with Gasteiger partial charge in [0.15, 0.2) is 17.7 Å². The second kappa shape index (κ2) is 17.6. The Hall–Kier alpha value is -3.45. The molecule has 12 nitrogen and oxygen atoms in total. The van der Waals surface area contributed by atoms with Crippen LogP contribution in [0.1, 0.15) is 93.6 Å². The van der Waals surface area contributed by atoms with Gasteiger partial charge in [0.2, 0.25) is 0 Å². The number of cyclic esters (lactones) is 1. The van der Waals surface area contributed by atoms with Gasteiger partial charge >= 0.3 is 12.1 Å². The monoisotopic (exact) mass is 779 g/mol. The van der Waals surface area contributed by atoms with Crippen LogP contribution in [0.15, 0.2) is 36.5 Å². The van der Waals surface area contributed by atoms with Crippen molar-refractivity contribution in [2.45, 2.75) is 142 Å². The van der Waals surface area contributed by atoms with Crippen molar-refractivity contribution in [1.82, 2.24) is 14.8 Å². The molecule has 2 aromatic rings. The van der Waals surface area contributed by atoms with Gasteiger partial charge in [0, 0.05) is 55.0 Å². The maximum absolute atomic E-state index is 14.7. The third-order valence-electron chi connectivity index (χ3n) is 13.2. The van der Waals surface area contributed by atoms with Gasteiger partial charge in [-0.3, -0.25) is 19.4 Å². The number of methoxy groups -OCH3 is 1. The average Bonchev–Trinajstić information content (AvgIpc) is 3.43. The topological polar surface area (TPSA) is 134 Å². The highest BCUT2D eigenvalue weighted by atomic mass is 16.7. The van der Waals surface area contributed by atoms with Crippen molar-refractivity contribution in [2.75, 3.05) is 27.7 Å². The number of rotatable bonds is 9. The third-order valence-corrected chi connectivity index (χ3v) is 13.2. The lowest BCUT2D eigenvalue weighted by atomic mass is 9.73. The molecule has 4 heterocycles. The van der Waals surface area contributed by atoms with Crippen LogP contribution in [0.25, 0.3) is 10.9 Å². The zero-order valence-electron chi connectivity index (χ0n) is 35.6. The van der Waals surface area contributed by atoms with E-state index in [4.69, 9.17) is 23.7 Å². The van der Waals surface area contributed by atoms with Gasteiger partial charge in [-0.2, -0.15) is 0 Å². The van der Waals surface area contributed by atoms with Crippen molar-refractivity contribution in [3.8, 4) is 0 Å². The van der Waals surface area contributed by atoms with Gasteiger partial charge in [0.1, 0.15) is 17.8 Å². The predicted octanol–water partition coefficient (Wildman–Crippen LogP) is 6.65. The number of benzene rings is 1. The second-order valence-corrected chi connectivity index (χ2v) is 17.4. The molecule has 1 aromatic carbocycles. The summed E-state index contributed by atoms with van der Waals surface area (Å²) in [6, 6.07) is 9.48. The van der Waals surface area contributed by atoms with Gasteiger partial charge in [0.25, 0.3) is 0 Å². The predicted molar refractivity (Wildman–Crippen MR) is 213 cm³/mol. The minimum atomic E-state index is -1.37. The van der Waals surface area contributed by atoms with Gasteiger partial charge < -0.3 is 33.5 Å². The maximum atomic E-state index is 14.7. The fraction of sp³-hybridized carbons (Fsp3) is 0.705. The highest BCUT2D eigenvalue weighted by Crippen LogP contribution is 2.43. The number of aryl methyl sites for hydroxylation is 1. The van der Waals surface area contributed by atoms with E-state index in [9.17, 15) is 19.2 Å². The van der Waals surface area contributed by atoms with E-state index in [0.29, 0.717) is 13.0 Å². The van der Waals surface area contributed by atoms with Crippen molar-refractivity contribution in [3.63, 3.8) is 0 Å². The lowest BCUT2D eigenvalue weighted by Gasteiger charge is -2.47. The number of esters is 1. The number of carbonyl (C=O) groups is 4. The Balaban J connectivity index is 1.44. The van der Waals surface area contributed by atoms with Crippen LogP contribution >= 0.6 is 0 Å². The maximum Gasteiger partial charge on any atom is 0.410 e. The molecule has 0 bridgehead atoms. The van der Waals surface area contributed by atoms with Crippen LogP contribution in [0, 0.1) is 29.6 Å². The van der Waals surface area contributed by atoms with Crippen LogP contribution in [0.5, 0.6) is 0 Å². The molecule has 13 atom stereocenters. The number of para-hydroxylation sites is 1. The van der Waals surface area contributed by atoms with E-state index in [1.54, 1.807) is 39.7 Å². The van der Waals surface area contributed by atoms with E-state index in [1.807, 2.05) is 72.3 Å². The van der Waals surface area contributed by atoms with Crippen molar-refractivity contribution in [3.05, 3.63) is 42.1 Å². The largest absolute Gasteiger partial charge is 0.458 e. The van der Waals surface area contributed by atoms with Crippen molar-refractivity contribution in [2.24, 2.45) is 29.6 Å². The zero-order chi connectivity index (χ0) is 41.3. The molecule has 1 unspecified atom stereocenters. The summed E-state index contributed by atoms with van der Waals surface area (Å²) in [6.45, 7) is 16.6. The second-order valence-electron chi connectivity index (χ2n) is 17.4. The number of ether oxygens (including phenoxy) is 5. The first-order valence-corrected chi connectivity index (χ1v) is 20.5. The van der Waals surface area contributed by atoms with E-state index < -0.39 is 71.5 Å². The van der Waals surface area contributed by atoms with Gasteiger partial charge in [-0.1, -0.05) is 45.9 Å². The Morgan fingerprint density at radius 2 is 1.62 bits per heavy atom. The van der Waals surface area contributed by atoms with Gasteiger partial charge in [-0.15, -0.1) is 0 Å². The number of aromatic nitrogens is 1. The number of hydrogen-bond donors (Lipinski definition) is 0. The van der Waals surface area contributed by atoms with Crippen molar-refractivity contribution in [1.29, 1.82) is 0 Å². The molecule has 1 amide bonds. The summed E-state index contributed by atoms with van der Waals surface area (Å²) in [6.07, 6.45) is 1.92. The van der Waals surface area contributed by atoms with Crippen LogP contribution in [0.3, 0.4) is 0 Å². The molecule has 56 heavy (non-hydrogen) atoms. The molecule has 0 radical (unpaired) electrons. The van der Waals surface area contributed by atoms with Crippen LogP contribution in [0.4, 0.5) is 4.79 Å². The molecule has 3 saturated heterocycles. The summed E-state index contributed by atoms with van der Waals surface area (Å²) in [4.78, 5) is 64.9. The van der Waals surface area contributed by atoms with Gasteiger partial charge in [0.05, 0.1) is 29.4 Å². The fourth-order valence-electron chi connectivity index (χ4n) is 9.62. The number of unbranched alkanes of at least 4 members (excludes halogenated alkanes) is 1. The van der Waals surface area contributed by atoms with Crippen LogP contribution in [-0.4, -0.2) is 114 Å². The molecule has 0 spiro atoms. The Kier molecular flexibility index (Phi) is 13.7. The Morgan fingerprint density at radius 3 is 2.30 bits per heavy atom. The quantitative estimate of drug-likeness (QED) is 0.154. The van der Waals surface area contributed by atoms with E-state index >= 15 is 0 Å². The summed E-state index contributed by atoms with van der Waals surface area (Å²) in [5.74, 6) is -4.52. The van der Waals surface area contributed by atoms with Crippen LogP contribution in [-0.2, 0) is 44.5 Å². The molecule has 310 valence electrons. The number of carbonyl (C=O) groups excluding carboxylic acids is 4. The summed E-state index contributed by atoms with van der Waals surface area (Å²) >= 11 is 0. The van der Waals surface area contributed by atoms with E-state index in [0.717, 1.165) is 30.2 Å². The van der Waals surface area contributed by atoms with Gasteiger partial charge in [-0.05, 0) is 98.5 Å². The van der Waals surface area contributed by atoms with E-state index in [2.05, 4.69) is 22.9 Å². The lowest BCUT2D eigenvalue weighted by Crippen LogP contribution is -2.59. The minimum Gasteiger partial charge on any atom is -0.458 e. The highest BCUT2D eigenvalue weighted by molar-refractivity contribution is 6.00. The molecule has 5 rings (SSSR count). The standard InChI is InChI=1S/C44H65N3O9/c1-25-24-43(8,52-12)39(55-41-27(3)35(46(10)11)23-26(2)53-41)29(5)37(49)30(6)40(50)54-31(7)44(9)38(28(4)36(25)48)47(42(51)56-44)22-16-15-17-32-20-21-45-34-19-14-13-18-33(32)34/h13-14,18-21,25-31,35,38-39,41H,15-17,22-24H2,1-12H3/t25-,26-,27-,28+,29+,30-,31-,35+,38?,39-,41+,43-,44-/m1/s1. The number of hydrogen-bond acceptors (Lipinski definition) is 11. The van der Waals surface area contributed by atoms with Gasteiger partial charge in [-0.25, -0.2) is 4.79 Å². The first-order chi connectivity index (χ1) is 26.3. The summed E-state index contributed by atoms with van der Waals surface area (Å²) in [5, 5.41) is 1.10. The van der Waals surface area contributed by atoms with E-state index in [-0.39, 0.29) is 36.1 Å². The molecular weight excluding hydrogens is 714 g/mol. The zero-order valence-corrected chi connectivity index (χ0v) is 35.6. The number of amides is 1. The van der Waals surface area contributed by atoms with Crippen LogP contribution < -0.4 is 0 Å². The summed E-state index contributed by atoms with van der Waals surface area (Å²) in [5.41, 5.74) is -0.403. The number of fused-ring (bicyclic) bond motifs is 2. The average molecular weight is 780 g/mol.